The van der Waals surface area contributed by atoms with Gasteiger partial charge in [-0.1, -0.05) is 0 Å². The highest BCUT2D eigenvalue weighted by Crippen LogP contribution is 2.14. The van der Waals surface area contributed by atoms with Crippen molar-refractivity contribution in [2.75, 3.05) is 26.2 Å². The maximum atomic E-state index is 12.5. The van der Waals surface area contributed by atoms with Crippen molar-refractivity contribution in [3.8, 4) is 5.69 Å². The molecule has 27 heavy (non-hydrogen) atoms. The number of amides is 3. The number of nitrogens with one attached hydrogen (secondary N) is 1. The van der Waals surface area contributed by atoms with Crippen LogP contribution >= 0.6 is 0 Å². The molecule has 144 valence electrons. The summed E-state index contributed by atoms with van der Waals surface area (Å²) in [6.07, 6.45) is 5.53. The number of nitrogens with zero attached hydrogens (tertiary/aromatic N) is 3. The average molecular weight is 368 g/mol. The van der Waals surface area contributed by atoms with Gasteiger partial charge in [-0.15, -0.1) is 0 Å². The van der Waals surface area contributed by atoms with E-state index in [9.17, 15) is 9.59 Å². The minimum Gasteiger partial charge on any atom is -0.349 e. The van der Waals surface area contributed by atoms with Crippen LogP contribution in [0.3, 0.4) is 0 Å². The fourth-order valence-corrected chi connectivity index (χ4v) is 3.47. The normalized spacial score (nSPS) is 14.8. The summed E-state index contributed by atoms with van der Waals surface area (Å²) in [7, 11) is 0. The van der Waals surface area contributed by atoms with Gasteiger partial charge in [-0.3, -0.25) is 4.79 Å². The summed E-state index contributed by atoms with van der Waals surface area (Å²) in [4.78, 5) is 28.7. The largest absolute Gasteiger partial charge is 0.349 e. The van der Waals surface area contributed by atoms with Crippen LogP contribution in [-0.4, -0.2) is 58.5 Å². The lowest BCUT2D eigenvalue weighted by Gasteiger charge is -2.35. The molecule has 0 unspecified atom stereocenters. The molecule has 1 N–H and O–H groups in total. The van der Waals surface area contributed by atoms with Crippen LogP contribution in [0, 0.1) is 0 Å². The van der Waals surface area contributed by atoms with Crippen molar-refractivity contribution in [3.63, 3.8) is 0 Å². The van der Waals surface area contributed by atoms with Crippen molar-refractivity contribution in [2.45, 2.75) is 32.7 Å². The van der Waals surface area contributed by atoms with E-state index in [1.807, 2.05) is 77.0 Å². The molecule has 1 saturated heterocycles. The molecule has 1 fully saturated rings. The topological polar surface area (TPSA) is 57.6 Å². The predicted molar refractivity (Wildman–Crippen MR) is 106 cm³/mol. The first-order valence-corrected chi connectivity index (χ1v) is 9.70. The quantitative estimate of drug-likeness (QED) is 0.881. The monoisotopic (exact) mass is 368 g/mol. The zero-order valence-corrected chi connectivity index (χ0v) is 16.1. The summed E-state index contributed by atoms with van der Waals surface area (Å²) in [6, 6.07) is 11.7. The van der Waals surface area contributed by atoms with Gasteiger partial charge >= 0.3 is 6.03 Å². The number of benzene rings is 1. The van der Waals surface area contributed by atoms with E-state index in [1.165, 1.54) is 0 Å². The summed E-state index contributed by atoms with van der Waals surface area (Å²) in [5.74, 6) is -0.0532. The zero-order valence-electron chi connectivity index (χ0n) is 16.1. The second kappa shape index (κ2) is 8.75. The lowest BCUT2D eigenvalue weighted by atomic mass is 10.0. The Balaban J connectivity index is 1.51. The lowest BCUT2D eigenvalue weighted by molar-refractivity contribution is 0.0911. The van der Waals surface area contributed by atoms with E-state index in [0.717, 1.165) is 31.6 Å². The van der Waals surface area contributed by atoms with Gasteiger partial charge in [0, 0.05) is 55.9 Å². The van der Waals surface area contributed by atoms with E-state index in [1.54, 1.807) is 0 Å². The van der Waals surface area contributed by atoms with E-state index in [4.69, 9.17) is 0 Å². The number of hydrogen-bond donors (Lipinski definition) is 1. The summed E-state index contributed by atoms with van der Waals surface area (Å²) in [5.41, 5.74) is 1.69. The van der Waals surface area contributed by atoms with Crippen molar-refractivity contribution >= 4 is 11.9 Å². The Morgan fingerprint density at radius 2 is 1.63 bits per heavy atom. The van der Waals surface area contributed by atoms with Crippen molar-refractivity contribution < 1.29 is 9.59 Å². The van der Waals surface area contributed by atoms with Gasteiger partial charge in [-0.25, -0.2) is 4.79 Å². The molecule has 3 amide bonds. The summed E-state index contributed by atoms with van der Waals surface area (Å²) in [5, 5.41) is 3.11. The van der Waals surface area contributed by atoms with Crippen molar-refractivity contribution in [2.24, 2.45) is 0 Å². The molecule has 3 rings (SSSR count). The third-order valence-electron chi connectivity index (χ3n) is 5.17. The predicted octanol–water partition coefficient (Wildman–Crippen LogP) is 3.13. The van der Waals surface area contributed by atoms with Crippen LogP contribution in [0.2, 0.25) is 0 Å². The minimum atomic E-state index is -0.0532. The molecule has 2 aromatic rings. The van der Waals surface area contributed by atoms with Gasteiger partial charge in [0.1, 0.15) is 0 Å². The average Bonchev–Trinajstić information content (AvgIpc) is 3.24. The Hall–Kier alpha value is -2.76. The van der Waals surface area contributed by atoms with E-state index < -0.39 is 0 Å². The molecule has 6 heteroatoms. The molecule has 0 aliphatic carbocycles. The number of urea groups is 1. The lowest BCUT2D eigenvalue weighted by Crippen LogP contribution is -2.50. The molecule has 1 aliphatic rings. The third kappa shape index (κ3) is 4.51. The highest BCUT2D eigenvalue weighted by molar-refractivity contribution is 5.94. The van der Waals surface area contributed by atoms with Crippen LogP contribution in [0.1, 0.15) is 37.0 Å². The molecular weight excluding hydrogens is 340 g/mol. The molecule has 1 aromatic carbocycles. The first kappa shape index (κ1) is 19.0. The number of likely N-dealkylation sites (tertiary alicyclic amines) is 1. The fraction of sp³-hybridized carbons (Fsp3) is 0.429. The summed E-state index contributed by atoms with van der Waals surface area (Å²) in [6.45, 7) is 6.82. The van der Waals surface area contributed by atoms with Crippen LogP contribution in [0.25, 0.3) is 5.69 Å². The van der Waals surface area contributed by atoms with Gasteiger partial charge in [0.2, 0.25) is 0 Å². The molecule has 1 aliphatic heterocycles. The van der Waals surface area contributed by atoms with Crippen LogP contribution in [0.4, 0.5) is 4.79 Å². The fourth-order valence-electron chi connectivity index (χ4n) is 3.47. The molecule has 2 heterocycles. The number of rotatable bonds is 5. The smallest absolute Gasteiger partial charge is 0.319 e. The van der Waals surface area contributed by atoms with E-state index in [0.29, 0.717) is 18.7 Å². The van der Waals surface area contributed by atoms with Crippen molar-refractivity contribution in [1.82, 2.24) is 19.7 Å². The number of hydrogen-bond acceptors (Lipinski definition) is 2. The maximum Gasteiger partial charge on any atom is 0.319 e. The molecule has 0 saturated carbocycles. The number of carbonyl (C=O) groups excluding carboxylic acids is 2. The van der Waals surface area contributed by atoms with Gasteiger partial charge in [-0.05, 0) is 63.1 Å². The SMILES string of the molecule is CCN(CC)C(=O)N1CCC(NC(=O)c2ccc(-n3cccc3)cc2)CC1. The van der Waals surface area contributed by atoms with Gasteiger partial charge in [0.05, 0.1) is 0 Å². The molecular formula is C21H28N4O2. The van der Waals surface area contributed by atoms with Crippen molar-refractivity contribution in [3.05, 3.63) is 54.4 Å². The molecule has 1 aromatic heterocycles. The molecule has 0 bridgehead atoms. The van der Waals surface area contributed by atoms with E-state index in [-0.39, 0.29) is 18.0 Å². The van der Waals surface area contributed by atoms with E-state index >= 15 is 0 Å². The number of aromatic nitrogens is 1. The van der Waals surface area contributed by atoms with Crippen LogP contribution in [-0.2, 0) is 0 Å². The standard InChI is InChI=1S/C21H28N4O2/c1-3-23(4-2)21(27)25-15-11-18(12-16-25)22-20(26)17-7-9-19(10-8-17)24-13-5-6-14-24/h5-10,13-14,18H,3-4,11-12,15-16H2,1-2H3,(H,22,26). The maximum absolute atomic E-state index is 12.5. The number of piperidine rings is 1. The highest BCUT2D eigenvalue weighted by atomic mass is 16.2. The zero-order chi connectivity index (χ0) is 19.2. The molecule has 0 radical (unpaired) electrons. The van der Waals surface area contributed by atoms with Gasteiger partial charge in [0.15, 0.2) is 0 Å². The molecule has 6 nitrogen and oxygen atoms in total. The van der Waals surface area contributed by atoms with Gasteiger partial charge < -0.3 is 19.7 Å². The second-order valence-electron chi connectivity index (χ2n) is 6.83. The van der Waals surface area contributed by atoms with Gasteiger partial charge in [-0.2, -0.15) is 0 Å². The Kier molecular flexibility index (Phi) is 6.16. The number of carbonyl (C=O) groups is 2. The first-order valence-electron chi connectivity index (χ1n) is 9.70. The van der Waals surface area contributed by atoms with Crippen LogP contribution in [0.5, 0.6) is 0 Å². The Morgan fingerprint density at radius 3 is 2.19 bits per heavy atom. The van der Waals surface area contributed by atoms with Crippen LogP contribution in [0.15, 0.2) is 48.8 Å². The van der Waals surface area contributed by atoms with Crippen LogP contribution < -0.4 is 5.32 Å². The van der Waals surface area contributed by atoms with Crippen molar-refractivity contribution in [1.29, 1.82) is 0 Å². The highest BCUT2D eigenvalue weighted by Gasteiger charge is 2.26. The summed E-state index contributed by atoms with van der Waals surface area (Å²) < 4.78 is 2.00. The first-order chi connectivity index (χ1) is 13.1. The minimum absolute atomic E-state index is 0.0532. The Labute approximate surface area is 160 Å². The summed E-state index contributed by atoms with van der Waals surface area (Å²) >= 11 is 0. The van der Waals surface area contributed by atoms with Gasteiger partial charge in [0.25, 0.3) is 5.91 Å². The molecule has 0 atom stereocenters. The molecule has 0 spiro atoms. The Bertz CT molecular complexity index is 743. The Morgan fingerprint density at radius 1 is 1.04 bits per heavy atom. The second-order valence-corrected chi connectivity index (χ2v) is 6.83. The third-order valence-corrected chi connectivity index (χ3v) is 5.17. The van der Waals surface area contributed by atoms with E-state index in [2.05, 4.69) is 5.32 Å².